The third-order valence-corrected chi connectivity index (χ3v) is 8.56. The van der Waals surface area contributed by atoms with E-state index in [9.17, 15) is 13.2 Å². The van der Waals surface area contributed by atoms with E-state index >= 15 is 0 Å². The SMILES string of the molecule is COc1ccc(C)c2c1N(C(=O)C1CCN(S(=O)(=O)c3c(C)noc3C)CC1)CCC2. The van der Waals surface area contributed by atoms with Crippen molar-refractivity contribution in [3.63, 3.8) is 0 Å². The van der Waals surface area contributed by atoms with Crippen molar-refractivity contribution < 1.29 is 22.5 Å². The summed E-state index contributed by atoms with van der Waals surface area (Å²) in [6, 6.07) is 3.95. The summed E-state index contributed by atoms with van der Waals surface area (Å²) in [7, 11) is -2.06. The number of fused-ring (bicyclic) bond motifs is 1. The molecule has 1 aromatic carbocycles. The fraction of sp³-hybridized carbons (Fsp3) is 0.545. The highest BCUT2D eigenvalue weighted by molar-refractivity contribution is 7.89. The molecule has 0 saturated carbocycles. The van der Waals surface area contributed by atoms with Crippen molar-refractivity contribution in [3.05, 3.63) is 34.7 Å². The molecule has 0 unspecified atom stereocenters. The van der Waals surface area contributed by atoms with Crippen molar-refractivity contribution in [2.24, 2.45) is 5.92 Å². The van der Waals surface area contributed by atoms with Crippen molar-refractivity contribution in [1.29, 1.82) is 0 Å². The predicted octanol–water partition coefficient (Wildman–Crippen LogP) is 2.99. The maximum absolute atomic E-state index is 13.5. The van der Waals surface area contributed by atoms with E-state index in [4.69, 9.17) is 9.26 Å². The molecule has 0 aliphatic carbocycles. The van der Waals surface area contributed by atoms with Gasteiger partial charge in [-0.1, -0.05) is 11.2 Å². The van der Waals surface area contributed by atoms with Gasteiger partial charge in [-0.05, 0) is 63.6 Å². The van der Waals surface area contributed by atoms with Crippen LogP contribution in [0.5, 0.6) is 5.75 Å². The van der Waals surface area contributed by atoms with Gasteiger partial charge in [0.15, 0.2) is 5.76 Å². The summed E-state index contributed by atoms with van der Waals surface area (Å²) in [5, 5.41) is 3.77. The summed E-state index contributed by atoms with van der Waals surface area (Å²) >= 11 is 0. The first-order chi connectivity index (χ1) is 14.8. The van der Waals surface area contributed by atoms with Gasteiger partial charge in [0.1, 0.15) is 16.3 Å². The Kier molecular flexibility index (Phi) is 5.83. The van der Waals surface area contributed by atoms with Crippen molar-refractivity contribution in [3.8, 4) is 5.75 Å². The first-order valence-corrected chi connectivity index (χ1v) is 12.1. The van der Waals surface area contributed by atoms with E-state index < -0.39 is 10.0 Å². The smallest absolute Gasteiger partial charge is 0.248 e. The quantitative estimate of drug-likeness (QED) is 0.715. The van der Waals surface area contributed by atoms with Crippen LogP contribution in [0.1, 0.15) is 41.8 Å². The number of hydrogen-bond donors (Lipinski definition) is 0. The van der Waals surface area contributed by atoms with Crippen LogP contribution in [0.2, 0.25) is 0 Å². The molecular formula is C22H29N3O5S. The minimum Gasteiger partial charge on any atom is -0.495 e. The standard InChI is InChI=1S/C22H29N3O5S/c1-14-7-8-19(29-4)20-18(14)6-5-11-25(20)22(26)17-9-12-24(13-10-17)31(27,28)21-15(2)23-30-16(21)3/h7-8,17H,5-6,9-13H2,1-4H3. The normalized spacial score (nSPS) is 18.1. The number of aryl methyl sites for hydroxylation is 3. The van der Waals surface area contributed by atoms with Gasteiger partial charge in [0.05, 0.1) is 12.8 Å². The predicted molar refractivity (Wildman–Crippen MR) is 116 cm³/mol. The van der Waals surface area contributed by atoms with Crippen LogP contribution in [-0.4, -0.2) is 50.5 Å². The summed E-state index contributed by atoms with van der Waals surface area (Å²) in [4.78, 5) is 15.5. The zero-order valence-corrected chi connectivity index (χ0v) is 19.3. The lowest BCUT2D eigenvalue weighted by atomic mass is 9.92. The number of aromatic nitrogens is 1. The highest BCUT2D eigenvalue weighted by atomic mass is 32.2. The number of piperidine rings is 1. The van der Waals surface area contributed by atoms with Gasteiger partial charge in [0, 0.05) is 25.6 Å². The van der Waals surface area contributed by atoms with E-state index in [-0.39, 0.29) is 16.7 Å². The van der Waals surface area contributed by atoms with Crippen LogP contribution in [0.3, 0.4) is 0 Å². The van der Waals surface area contributed by atoms with Crippen LogP contribution in [0.25, 0.3) is 0 Å². The number of carbonyl (C=O) groups is 1. The van der Waals surface area contributed by atoms with Gasteiger partial charge in [0.2, 0.25) is 15.9 Å². The van der Waals surface area contributed by atoms with Crippen LogP contribution in [0, 0.1) is 26.7 Å². The number of anilines is 1. The molecule has 31 heavy (non-hydrogen) atoms. The molecule has 4 rings (SSSR count). The molecule has 1 fully saturated rings. The Balaban J connectivity index is 1.52. The van der Waals surface area contributed by atoms with Crippen molar-refractivity contribution in [1.82, 2.24) is 9.46 Å². The highest BCUT2D eigenvalue weighted by Crippen LogP contribution is 2.40. The highest BCUT2D eigenvalue weighted by Gasteiger charge is 2.38. The van der Waals surface area contributed by atoms with Crippen LogP contribution in [0.4, 0.5) is 5.69 Å². The van der Waals surface area contributed by atoms with Gasteiger partial charge in [-0.25, -0.2) is 8.42 Å². The summed E-state index contributed by atoms with van der Waals surface area (Å²) in [6.07, 6.45) is 2.81. The minimum atomic E-state index is -3.69. The van der Waals surface area contributed by atoms with E-state index in [1.807, 2.05) is 17.0 Å². The molecule has 1 saturated heterocycles. The van der Waals surface area contributed by atoms with E-state index in [1.54, 1.807) is 21.0 Å². The number of sulfonamides is 1. The van der Waals surface area contributed by atoms with Gasteiger partial charge in [-0.3, -0.25) is 4.79 Å². The second-order valence-corrected chi connectivity index (χ2v) is 10.2. The number of ether oxygens (including phenoxy) is 1. The zero-order valence-electron chi connectivity index (χ0n) is 18.5. The van der Waals surface area contributed by atoms with Crippen molar-refractivity contribution in [2.75, 3.05) is 31.6 Å². The fourth-order valence-corrected chi connectivity index (χ4v) is 6.53. The first-order valence-electron chi connectivity index (χ1n) is 10.7. The van der Waals surface area contributed by atoms with Crippen LogP contribution >= 0.6 is 0 Å². The Morgan fingerprint density at radius 1 is 1.16 bits per heavy atom. The van der Waals surface area contributed by atoms with E-state index in [0.29, 0.717) is 49.7 Å². The second kappa shape index (κ2) is 8.27. The second-order valence-electron chi connectivity index (χ2n) is 8.34. The number of hydrogen-bond acceptors (Lipinski definition) is 6. The molecule has 0 bridgehead atoms. The van der Waals surface area contributed by atoms with Gasteiger partial charge in [-0.15, -0.1) is 0 Å². The summed E-state index contributed by atoms with van der Waals surface area (Å²) in [5.74, 6) is 0.849. The molecule has 168 valence electrons. The number of methoxy groups -OCH3 is 1. The maximum Gasteiger partial charge on any atom is 0.248 e. The number of nitrogens with zero attached hydrogens (tertiary/aromatic N) is 3. The molecule has 0 atom stereocenters. The minimum absolute atomic E-state index is 0.0548. The lowest BCUT2D eigenvalue weighted by Crippen LogP contribution is -2.46. The Hall–Kier alpha value is -2.39. The molecule has 0 radical (unpaired) electrons. The van der Waals surface area contributed by atoms with Gasteiger partial charge in [0.25, 0.3) is 0 Å². The largest absolute Gasteiger partial charge is 0.495 e. The molecule has 2 aliphatic rings. The Labute approximate surface area is 183 Å². The Morgan fingerprint density at radius 2 is 1.87 bits per heavy atom. The molecule has 0 spiro atoms. The van der Waals surface area contributed by atoms with E-state index in [1.165, 1.54) is 4.31 Å². The average Bonchev–Trinajstić information content (AvgIpc) is 3.12. The van der Waals surface area contributed by atoms with Crippen LogP contribution in [-0.2, 0) is 21.2 Å². The molecule has 9 heteroatoms. The molecule has 0 N–H and O–H groups in total. The Morgan fingerprint density at radius 3 is 2.48 bits per heavy atom. The van der Waals surface area contributed by atoms with Gasteiger partial charge < -0.3 is 14.2 Å². The average molecular weight is 448 g/mol. The first kappa shape index (κ1) is 21.8. The topological polar surface area (TPSA) is 93.0 Å². The van der Waals surface area contributed by atoms with E-state index in [0.717, 1.165) is 29.7 Å². The zero-order chi connectivity index (χ0) is 22.3. The van der Waals surface area contributed by atoms with Crippen LogP contribution < -0.4 is 9.64 Å². The number of benzene rings is 1. The molecule has 1 aromatic heterocycles. The number of rotatable bonds is 4. The molecule has 8 nitrogen and oxygen atoms in total. The summed E-state index contributed by atoms with van der Waals surface area (Å²) in [5.41, 5.74) is 3.57. The number of carbonyl (C=O) groups excluding carboxylic acids is 1. The molecule has 2 aliphatic heterocycles. The lowest BCUT2D eigenvalue weighted by molar-refractivity contribution is -0.123. The van der Waals surface area contributed by atoms with Crippen molar-refractivity contribution in [2.45, 2.75) is 51.3 Å². The van der Waals surface area contributed by atoms with Gasteiger partial charge >= 0.3 is 0 Å². The maximum atomic E-state index is 13.5. The van der Waals surface area contributed by atoms with Crippen molar-refractivity contribution >= 4 is 21.6 Å². The fourth-order valence-electron chi connectivity index (χ4n) is 4.77. The third-order valence-electron chi connectivity index (χ3n) is 6.41. The van der Waals surface area contributed by atoms with Crippen LogP contribution in [0.15, 0.2) is 21.6 Å². The summed E-state index contributed by atoms with van der Waals surface area (Å²) in [6.45, 7) is 6.55. The third kappa shape index (κ3) is 3.74. The molecule has 1 amide bonds. The lowest BCUT2D eigenvalue weighted by Gasteiger charge is -2.37. The molecule has 3 heterocycles. The Bertz CT molecular complexity index is 1080. The summed E-state index contributed by atoms with van der Waals surface area (Å²) < 4.78 is 38.2. The monoisotopic (exact) mass is 447 g/mol. The molecule has 2 aromatic rings. The van der Waals surface area contributed by atoms with Gasteiger partial charge in [-0.2, -0.15) is 4.31 Å². The number of amides is 1. The molecular weight excluding hydrogens is 418 g/mol. The van der Waals surface area contributed by atoms with E-state index in [2.05, 4.69) is 12.1 Å².